The summed E-state index contributed by atoms with van der Waals surface area (Å²) in [6, 6.07) is 1.35. The van der Waals surface area contributed by atoms with Crippen molar-refractivity contribution in [3.63, 3.8) is 0 Å². The molecule has 82 valence electrons. The molecule has 5 nitrogen and oxygen atoms in total. The second-order valence-corrected chi connectivity index (χ2v) is 2.93. The fourth-order valence-electron chi connectivity index (χ4n) is 1.02. The summed E-state index contributed by atoms with van der Waals surface area (Å²) < 4.78 is 17.9. The highest BCUT2D eigenvalue weighted by atomic mass is 19.1. The highest BCUT2D eigenvalue weighted by Gasteiger charge is 2.16. The Balaban J connectivity index is 2.88. The van der Waals surface area contributed by atoms with Crippen LogP contribution in [0.3, 0.4) is 0 Å². The van der Waals surface area contributed by atoms with Crippen molar-refractivity contribution in [2.75, 3.05) is 7.11 Å². The van der Waals surface area contributed by atoms with E-state index in [4.69, 9.17) is 15.6 Å². The van der Waals surface area contributed by atoms with E-state index in [1.165, 1.54) is 13.2 Å². The third-order valence-corrected chi connectivity index (χ3v) is 1.83. The van der Waals surface area contributed by atoms with Crippen molar-refractivity contribution in [2.45, 2.75) is 12.5 Å². The number of nitrogens with zero attached hydrogens (tertiary/aromatic N) is 1. The normalized spacial score (nSPS) is 12.2. The van der Waals surface area contributed by atoms with Gasteiger partial charge in [0.15, 0.2) is 0 Å². The maximum atomic E-state index is 13.2. The van der Waals surface area contributed by atoms with Crippen LogP contribution in [-0.4, -0.2) is 29.2 Å². The number of ether oxygens (including phenoxy) is 1. The van der Waals surface area contributed by atoms with Crippen LogP contribution in [-0.2, 0) is 11.2 Å². The highest BCUT2D eigenvalue weighted by Crippen LogP contribution is 2.12. The molecule has 0 aliphatic carbocycles. The van der Waals surface area contributed by atoms with Gasteiger partial charge in [0.05, 0.1) is 12.8 Å². The van der Waals surface area contributed by atoms with Crippen molar-refractivity contribution in [1.29, 1.82) is 0 Å². The number of aliphatic carboxylic acids is 1. The van der Waals surface area contributed by atoms with Crippen LogP contribution >= 0.6 is 0 Å². The van der Waals surface area contributed by atoms with E-state index >= 15 is 0 Å². The fourth-order valence-corrected chi connectivity index (χ4v) is 1.02. The third-order valence-electron chi connectivity index (χ3n) is 1.83. The molecule has 0 amide bonds. The van der Waals surface area contributed by atoms with Crippen molar-refractivity contribution < 1.29 is 19.0 Å². The number of hydrogen-bond acceptors (Lipinski definition) is 4. The summed E-state index contributed by atoms with van der Waals surface area (Å²) in [6.45, 7) is 0. The minimum Gasteiger partial charge on any atom is -0.481 e. The zero-order valence-corrected chi connectivity index (χ0v) is 8.11. The summed E-state index contributed by atoms with van der Waals surface area (Å²) in [5.74, 6) is -1.56. The average molecular weight is 214 g/mol. The Bertz CT molecular complexity index is 370. The second-order valence-electron chi connectivity index (χ2n) is 2.93. The first kappa shape index (κ1) is 11.4. The summed E-state index contributed by atoms with van der Waals surface area (Å²) in [4.78, 5) is 14.2. The Labute approximate surface area is 85.7 Å². The molecule has 0 aliphatic rings. The lowest BCUT2D eigenvalue weighted by molar-refractivity contribution is -0.138. The molecule has 1 aromatic heterocycles. The van der Waals surface area contributed by atoms with Gasteiger partial charge in [-0.05, 0) is 6.07 Å². The van der Waals surface area contributed by atoms with E-state index in [2.05, 4.69) is 4.98 Å². The van der Waals surface area contributed by atoms with Gasteiger partial charge in [0, 0.05) is 12.5 Å². The number of halogens is 1. The summed E-state index contributed by atoms with van der Waals surface area (Å²) in [6.07, 6.45) is -0.168. The molecular formula is C9H11FN2O3. The maximum absolute atomic E-state index is 13.2. The summed E-state index contributed by atoms with van der Waals surface area (Å²) >= 11 is 0. The number of methoxy groups -OCH3 is 1. The molecule has 0 saturated heterocycles. The predicted molar refractivity (Wildman–Crippen MR) is 50.1 cm³/mol. The molecule has 0 aliphatic heterocycles. The van der Waals surface area contributed by atoms with Crippen molar-refractivity contribution in [1.82, 2.24) is 4.98 Å². The van der Waals surface area contributed by atoms with Crippen LogP contribution in [0.4, 0.5) is 4.39 Å². The SMILES string of the molecule is COc1ccc(F)c(CC(N)C(=O)O)n1. The van der Waals surface area contributed by atoms with Crippen LogP contribution < -0.4 is 10.5 Å². The molecular weight excluding hydrogens is 203 g/mol. The number of aromatic nitrogens is 1. The van der Waals surface area contributed by atoms with Gasteiger partial charge in [0.1, 0.15) is 11.9 Å². The first-order valence-corrected chi connectivity index (χ1v) is 4.22. The van der Waals surface area contributed by atoms with E-state index in [0.29, 0.717) is 0 Å². The summed E-state index contributed by atoms with van der Waals surface area (Å²) in [5, 5.41) is 8.55. The van der Waals surface area contributed by atoms with E-state index in [1.807, 2.05) is 0 Å². The Kier molecular flexibility index (Phi) is 3.56. The predicted octanol–water partition coefficient (Wildman–Crippen LogP) is 0.184. The maximum Gasteiger partial charge on any atom is 0.320 e. The number of pyridine rings is 1. The molecule has 15 heavy (non-hydrogen) atoms. The number of carboxylic acid groups (broad SMARTS) is 1. The zero-order valence-electron chi connectivity index (χ0n) is 8.11. The molecule has 1 rings (SSSR count). The molecule has 1 unspecified atom stereocenters. The van der Waals surface area contributed by atoms with Crippen molar-refractivity contribution >= 4 is 5.97 Å². The fraction of sp³-hybridized carbons (Fsp3) is 0.333. The van der Waals surface area contributed by atoms with Crippen LogP contribution in [0.25, 0.3) is 0 Å². The van der Waals surface area contributed by atoms with Crippen LogP contribution in [0, 0.1) is 5.82 Å². The highest BCUT2D eigenvalue weighted by molar-refractivity contribution is 5.73. The van der Waals surface area contributed by atoms with Crippen LogP contribution in [0.15, 0.2) is 12.1 Å². The van der Waals surface area contributed by atoms with Crippen LogP contribution in [0.1, 0.15) is 5.69 Å². The van der Waals surface area contributed by atoms with Crippen LogP contribution in [0.5, 0.6) is 5.88 Å². The molecule has 6 heteroatoms. The van der Waals surface area contributed by atoms with E-state index in [9.17, 15) is 9.18 Å². The van der Waals surface area contributed by atoms with E-state index in [1.54, 1.807) is 0 Å². The van der Waals surface area contributed by atoms with Gasteiger partial charge in [-0.2, -0.15) is 0 Å². The van der Waals surface area contributed by atoms with Gasteiger partial charge < -0.3 is 15.6 Å². The first-order chi connectivity index (χ1) is 7.04. The molecule has 1 atom stereocenters. The van der Waals surface area contributed by atoms with Crippen molar-refractivity contribution in [2.24, 2.45) is 5.73 Å². The molecule has 0 spiro atoms. The number of carboxylic acids is 1. The smallest absolute Gasteiger partial charge is 0.320 e. The largest absolute Gasteiger partial charge is 0.481 e. The first-order valence-electron chi connectivity index (χ1n) is 4.22. The number of rotatable bonds is 4. The molecule has 1 heterocycles. The van der Waals surface area contributed by atoms with Gasteiger partial charge in [-0.1, -0.05) is 0 Å². The second kappa shape index (κ2) is 4.70. The summed E-state index contributed by atoms with van der Waals surface area (Å²) in [7, 11) is 1.39. The standard InChI is InChI=1S/C9H11FN2O3/c1-15-8-3-2-5(10)7(12-8)4-6(11)9(13)14/h2-3,6H,4,11H2,1H3,(H,13,14). The lowest BCUT2D eigenvalue weighted by Crippen LogP contribution is -2.32. The third kappa shape index (κ3) is 2.88. The minimum absolute atomic E-state index is 0.00995. The monoisotopic (exact) mass is 214 g/mol. The van der Waals surface area contributed by atoms with Gasteiger partial charge in [0.2, 0.25) is 5.88 Å². The quantitative estimate of drug-likeness (QED) is 0.746. The van der Waals surface area contributed by atoms with E-state index in [0.717, 1.165) is 6.07 Å². The lowest BCUT2D eigenvalue weighted by atomic mass is 10.1. The van der Waals surface area contributed by atoms with Gasteiger partial charge in [-0.15, -0.1) is 0 Å². The number of carbonyl (C=O) groups is 1. The Morgan fingerprint density at radius 3 is 2.93 bits per heavy atom. The Hall–Kier alpha value is -1.69. The molecule has 0 bridgehead atoms. The van der Waals surface area contributed by atoms with Gasteiger partial charge >= 0.3 is 5.97 Å². The van der Waals surface area contributed by atoms with Crippen LogP contribution in [0.2, 0.25) is 0 Å². The molecule has 0 fully saturated rings. The topological polar surface area (TPSA) is 85.4 Å². The molecule has 0 aromatic carbocycles. The van der Waals surface area contributed by atoms with Crippen molar-refractivity contribution in [3.05, 3.63) is 23.6 Å². The van der Waals surface area contributed by atoms with Gasteiger partial charge in [0.25, 0.3) is 0 Å². The van der Waals surface area contributed by atoms with E-state index in [-0.39, 0.29) is 18.0 Å². The average Bonchev–Trinajstić information content (AvgIpc) is 2.21. The molecule has 3 N–H and O–H groups in total. The Morgan fingerprint density at radius 1 is 1.73 bits per heavy atom. The summed E-state index contributed by atoms with van der Waals surface area (Å²) in [5.41, 5.74) is 5.25. The number of nitrogens with two attached hydrogens (primary N) is 1. The molecule has 0 radical (unpaired) electrons. The minimum atomic E-state index is -1.20. The zero-order chi connectivity index (χ0) is 11.4. The molecule has 0 saturated carbocycles. The van der Waals surface area contributed by atoms with Crippen molar-refractivity contribution in [3.8, 4) is 5.88 Å². The van der Waals surface area contributed by atoms with E-state index < -0.39 is 17.8 Å². The van der Waals surface area contributed by atoms with Gasteiger partial charge in [-0.25, -0.2) is 9.37 Å². The molecule has 1 aromatic rings. The number of hydrogen-bond donors (Lipinski definition) is 2. The Morgan fingerprint density at radius 2 is 2.40 bits per heavy atom. The lowest BCUT2D eigenvalue weighted by Gasteiger charge is -2.07. The van der Waals surface area contributed by atoms with Gasteiger partial charge in [-0.3, -0.25) is 4.79 Å².